The first-order valence-corrected chi connectivity index (χ1v) is 7.06. The van der Waals surface area contributed by atoms with E-state index in [9.17, 15) is 9.59 Å². The maximum absolute atomic E-state index is 12.1. The van der Waals surface area contributed by atoms with Crippen LogP contribution in [-0.2, 0) is 16.0 Å². The van der Waals surface area contributed by atoms with E-state index in [-0.39, 0.29) is 17.9 Å². The largest absolute Gasteiger partial charge is 0.481 e. The number of amides is 1. The molecule has 0 saturated heterocycles. The zero-order chi connectivity index (χ0) is 14.7. The van der Waals surface area contributed by atoms with Crippen molar-refractivity contribution in [1.29, 1.82) is 0 Å². The van der Waals surface area contributed by atoms with Crippen molar-refractivity contribution < 1.29 is 14.7 Å². The minimum absolute atomic E-state index is 0.0126. The zero-order valence-corrected chi connectivity index (χ0v) is 11.9. The van der Waals surface area contributed by atoms with E-state index in [0.29, 0.717) is 12.8 Å². The normalized spacial score (nSPS) is 22.7. The van der Waals surface area contributed by atoms with E-state index in [1.54, 1.807) is 0 Å². The van der Waals surface area contributed by atoms with Crippen LogP contribution in [0.3, 0.4) is 0 Å². The Labute approximate surface area is 119 Å². The van der Waals surface area contributed by atoms with E-state index >= 15 is 0 Å². The molecule has 3 atom stereocenters. The summed E-state index contributed by atoms with van der Waals surface area (Å²) in [7, 11) is 0. The van der Waals surface area contributed by atoms with Gasteiger partial charge in [-0.25, -0.2) is 0 Å². The lowest BCUT2D eigenvalue weighted by atomic mass is 9.73. The smallest absolute Gasteiger partial charge is 0.307 e. The number of carboxylic acids is 1. The lowest BCUT2D eigenvalue weighted by molar-refractivity contribution is -0.152. The molecule has 0 heterocycles. The first kappa shape index (κ1) is 14.6. The molecule has 1 aliphatic carbocycles. The van der Waals surface area contributed by atoms with Gasteiger partial charge in [0.05, 0.1) is 11.8 Å². The highest BCUT2D eigenvalue weighted by atomic mass is 16.4. The van der Waals surface area contributed by atoms with Gasteiger partial charge in [0.15, 0.2) is 0 Å². The van der Waals surface area contributed by atoms with Crippen LogP contribution in [0.25, 0.3) is 0 Å². The highest BCUT2D eigenvalue weighted by Crippen LogP contribution is 2.34. The summed E-state index contributed by atoms with van der Waals surface area (Å²) in [5.41, 5.74) is 2.42. The van der Waals surface area contributed by atoms with Crippen LogP contribution in [0.15, 0.2) is 24.3 Å². The van der Waals surface area contributed by atoms with Crippen molar-refractivity contribution in [2.45, 2.75) is 39.2 Å². The molecule has 0 radical (unpaired) electrons. The highest BCUT2D eigenvalue weighted by Gasteiger charge is 2.41. The van der Waals surface area contributed by atoms with Gasteiger partial charge in [-0.2, -0.15) is 0 Å². The number of rotatable bonds is 5. The molecule has 0 bridgehead atoms. The van der Waals surface area contributed by atoms with E-state index in [4.69, 9.17) is 5.11 Å². The topological polar surface area (TPSA) is 66.4 Å². The van der Waals surface area contributed by atoms with Crippen molar-refractivity contribution in [3.05, 3.63) is 35.4 Å². The lowest BCUT2D eigenvalue weighted by Gasteiger charge is -2.33. The van der Waals surface area contributed by atoms with Gasteiger partial charge in [0.1, 0.15) is 0 Å². The number of hydrogen-bond acceptors (Lipinski definition) is 2. The molecule has 108 valence electrons. The summed E-state index contributed by atoms with van der Waals surface area (Å²) in [5, 5.41) is 11.9. The Hall–Kier alpha value is -1.84. The second-order valence-electron chi connectivity index (χ2n) is 5.67. The molecule has 1 aliphatic rings. The molecule has 0 spiro atoms. The van der Waals surface area contributed by atoms with E-state index in [1.165, 1.54) is 11.1 Å². The fraction of sp³-hybridized carbons (Fsp3) is 0.500. The highest BCUT2D eigenvalue weighted by molar-refractivity contribution is 5.86. The van der Waals surface area contributed by atoms with Crippen LogP contribution >= 0.6 is 0 Å². The number of aryl methyl sites for hydroxylation is 1. The number of carbonyl (C=O) groups is 2. The molecule has 20 heavy (non-hydrogen) atoms. The molecule has 0 aromatic heterocycles. The minimum atomic E-state index is -0.858. The Morgan fingerprint density at radius 2 is 1.95 bits per heavy atom. The van der Waals surface area contributed by atoms with Gasteiger partial charge >= 0.3 is 5.97 Å². The van der Waals surface area contributed by atoms with Crippen molar-refractivity contribution >= 4 is 11.9 Å². The number of carbonyl (C=O) groups excluding carboxylic acids is 1. The molecule has 1 fully saturated rings. The van der Waals surface area contributed by atoms with Gasteiger partial charge in [-0.05, 0) is 44.2 Å². The molecule has 4 heteroatoms. The summed E-state index contributed by atoms with van der Waals surface area (Å²) in [6.45, 7) is 4.01. The van der Waals surface area contributed by atoms with E-state index in [2.05, 4.69) is 24.4 Å². The Morgan fingerprint density at radius 1 is 1.30 bits per heavy atom. The molecule has 2 rings (SSSR count). The van der Waals surface area contributed by atoms with Crippen LogP contribution in [0, 0.1) is 18.8 Å². The summed E-state index contributed by atoms with van der Waals surface area (Å²) in [4.78, 5) is 23.0. The Bertz CT molecular complexity index is 512. The average Bonchev–Trinajstić information content (AvgIpc) is 2.29. The van der Waals surface area contributed by atoms with Gasteiger partial charge < -0.3 is 10.4 Å². The van der Waals surface area contributed by atoms with Crippen LogP contribution in [0.5, 0.6) is 0 Å². The number of hydrogen-bond donors (Lipinski definition) is 2. The molecular formula is C16H21NO3. The number of benzene rings is 1. The minimum Gasteiger partial charge on any atom is -0.481 e. The summed E-state index contributed by atoms with van der Waals surface area (Å²) >= 11 is 0. The van der Waals surface area contributed by atoms with Gasteiger partial charge in [-0.1, -0.05) is 24.3 Å². The van der Waals surface area contributed by atoms with Crippen LogP contribution < -0.4 is 5.32 Å². The zero-order valence-electron chi connectivity index (χ0n) is 11.9. The molecule has 4 nitrogen and oxygen atoms in total. The van der Waals surface area contributed by atoms with Gasteiger partial charge in [-0.3, -0.25) is 9.59 Å². The van der Waals surface area contributed by atoms with Crippen molar-refractivity contribution in [2.24, 2.45) is 11.8 Å². The summed E-state index contributed by atoms with van der Waals surface area (Å²) in [5.74, 6) is -1.83. The number of nitrogens with one attached hydrogen (secondary N) is 1. The summed E-state index contributed by atoms with van der Waals surface area (Å²) < 4.78 is 0. The Kier molecular flexibility index (Phi) is 4.42. The van der Waals surface area contributed by atoms with E-state index in [1.807, 2.05) is 19.1 Å². The summed E-state index contributed by atoms with van der Waals surface area (Å²) in [6, 6.07) is 8.10. The maximum Gasteiger partial charge on any atom is 0.307 e. The van der Waals surface area contributed by atoms with Gasteiger partial charge in [0, 0.05) is 6.04 Å². The fourth-order valence-corrected chi connectivity index (χ4v) is 2.68. The molecule has 3 unspecified atom stereocenters. The van der Waals surface area contributed by atoms with Crippen molar-refractivity contribution in [3.8, 4) is 0 Å². The lowest BCUT2D eigenvalue weighted by Crippen LogP contribution is -2.47. The SMILES string of the molecule is Cc1ccccc1CC(C)NC(=O)C1CCC1C(=O)O. The van der Waals surface area contributed by atoms with Crippen LogP contribution in [0.1, 0.15) is 30.9 Å². The fourth-order valence-electron chi connectivity index (χ4n) is 2.68. The van der Waals surface area contributed by atoms with Gasteiger partial charge in [-0.15, -0.1) is 0 Å². The molecule has 1 saturated carbocycles. The predicted octanol–water partition coefficient (Wildman–Crippen LogP) is 2.15. The van der Waals surface area contributed by atoms with Gasteiger partial charge in [0.25, 0.3) is 0 Å². The monoisotopic (exact) mass is 275 g/mol. The third-order valence-electron chi connectivity index (χ3n) is 4.10. The van der Waals surface area contributed by atoms with E-state index in [0.717, 1.165) is 6.42 Å². The average molecular weight is 275 g/mol. The van der Waals surface area contributed by atoms with E-state index < -0.39 is 11.9 Å². The number of carboxylic acid groups (broad SMARTS) is 1. The van der Waals surface area contributed by atoms with Crippen LogP contribution in [0.4, 0.5) is 0 Å². The number of aliphatic carboxylic acids is 1. The second kappa shape index (κ2) is 6.07. The van der Waals surface area contributed by atoms with Gasteiger partial charge in [0.2, 0.25) is 5.91 Å². The van der Waals surface area contributed by atoms with Crippen molar-refractivity contribution in [2.75, 3.05) is 0 Å². The second-order valence-corrected chi connectivity index (χ2v) is 5.67. The molecule has 2 N–H and O–H groups in total. The van der Waals surface area contributed by atoms with Crippen LogP contribution in [-0.4, -0.2) is 23.0 Å². The molecular weight excluding hydrogens is 254 g/mol. The standard InChI is InChI=1S/C16H21NO3/c1-10-5-3-4-6-12(10)9-11(2)17-15(18)13-7-8-14(13)16(19)20/h3-6,11,13-14H,7-9H2,1-2H3,(H,17,18)(H,19,20). The maximum atomic E-state index is 12.1. The molecule has 1 aromatic carbocycles. The third-order valence-corrected chi connectivity index (χ3v) is 4.10. The molecule has 0 aliphatic heterocycles. The predicted molar refractivity (Wildman–Crippen MR) is 76.3 cm³/mol. The third kappa shape index (κ3) is 3.18. The quantitative estimate of drug-likeness (QED) is 0.865. The van der Waals surface area contributed by atoms with Crippen molar-refractivity contribution in [1.82, 2.24) is 5.32 Å². The summed E-state index contributed by atoms with van der Waals surface area (Å²) in [6.07, 6.45) is 2.06. The first-order chi connectivity index (χ1) is 9.49. The Balaban J connectivity index is 1.89. The molecule has 1 amide bonds. The first-order valence-electron chi connectivity index (χ1n) is 7.06. The Morgan fingerprint density at radius 3 is 2.50 bits per heavy atom. The van der Waals surface area contributed by atoms with Crippen LogP contribution in [0.2, 0.25) is 0 Å². The van der Waals surface area contributed by atoms with Crippen molar-refractivity contribution in [3.63, 3.8) is 0 Å². The molecule has 1 aromatic rings.